The fraction of sp³-hybridized carbons (Fsp3) is 0.444. The molecule has 0 amide bonds. The second kappa shape index (κ2) is 7.05. The van der Waals surface area contributed by atoms with Gasteiger partial charge in [0.05, 0.1) is 6.04 Å². The van der Waals surface area contributed by atoms with E-state index >= 15 is 0 Å². The van der Waals surface area contributed by atoms with Gasteiger partial charge in [0.15, 0.2) is 0 Å². The van der Waals surface area contributed by atoms with Crippen LogP contribution in [0.25, 0.3) is 16.8 Å². The maximum absolute atomic E-state index is 6.23. The van der Waals surface area contributed by atoms with Crippen LogP contribution in [0.3, 0.4) is 0 Å². The third-order valence-corrected chi connectivity index (χ3v) is 4.99. The highest BCUT2D eigenvalue weighted by atomic mass is 35.5. The number of aromatic amines is 1. The fourth-order valence-corrected chi connectivity index (χ4v) is 3.37. The topological polar surface area (TPSA) is 48.1 Å². The summed E-state index contributed by atoms with van der Waals surface area (Å²) in [4.78, 5) is 4.80. The minimum absolute atomic E-state index is 0.199. The van der Waals surface area contributed by atoms with E-state index in [1.807, 2.05) is 25.1 Å². The van der Waals surface area contributed by atoms with Gasteiger partial charge in [-0.25, -0.2) is 0 Å². The van der Waals surface area contributed by atoms with Crippen LogP contribution in [0.5, 0.6) is 0 Å². The lowest BCUT2D eigenvalue weighted by Gasteiger charge is -2.35. The first-order valence-corrected chi connectivity index (χ1v) is 8.64. The maximum atomic E-state index is 6.23. The van der Waals surface area contributed by atoms with Crippen molar-refractivity contribution in [2.24, 2.45) is 0 Å². The maximum Gasteiger partial charge on any atom is 0.118 e. The molecule has 2 heterocycles. The number of nitrogens with one attached hydrogen (secondary N) is 1. The lowest BCUT2D eigenvalue weighted by atomic mass is 9.96. The molecule has 1 aromatic heterocycles. The van der Waals surface area contributed by atoms with Gasteiger partial charge >= 0.3 is 0 Å². The van der Waals surface area contributed by atoms with Crippen molar-refractivity contribution in [3.05, 3.63) is 41.1 Å². The lowest BCUT2D eigenvalue weighted by Crippen LogP contribution is -2.45. The summed E-state index contributed by atoms with van der Waals surface area (Å²) in [5.41, 5.74) is 4.86. The summed E-state index contributed by atoms with van der Waals surface area (Å²) in [6, 6.07) is 6.03. The van der Waals surface area contributed by atoms with Crippen molar-refractivity contribution in [2.45, 2.75) is 19.9 Å². The average molecular weight is 346 g/mol. The van der Waals surface area contributed by atoms with Gasteiger partial charge in [0.25, 0.3) is 0 Å². The van der Waals surface area contributed by atoms with Crippen LogP contribution in [-0.2, 0) is 0 Å². The zero-order chi connectivity index (χ0) is 17.3. The summed E-state index contributed by atoms with van der Waals surface area (Å²) in [5.74, 6) is 0. The molecule has 1 fully saturated rings. The monoisotopic (exact) mass is 345 g/mol. The van der Waals surface area contributed by atoms with Crippen LogP contribution in [0.2, 0.25) is 5.02 Å². The van der Waals surface area contributed by atoms with Gasteiger partial charge in [-0.1, -0.05) is 29.8 Å². The highest BCUT2D eigenvalue weighted by molar-refractivity contribution is 6.31. The predicted octanol–water partition coefficient (Wildman–Crippen LogP) is 3.47. The number of rotatable bonds is 4. The molecular weight excluding hydrogens is 322 g/mol. The van der Waals surface area contributed by atoms with Gasteiger partial charge in [0.2, 0.25) is 0 Å². The molecule has 5 nitrogen and oxygen atoms in total. The molecule has 0 aliphatic carbocycles. The summed E-state index contributed by atoms with van der Waals surface area (Å²) >= 11 is 6.23. The minimum Gasteiger partial charge on any atom is -0.304 e. The largest absolute Gasteiger partial charge is 0.304 e. The Kier molecular flexibility index (Phi) is 5.04. The van der Waals surface area contributed by atoms with Crippen molar-refractivity contribution in [1.29, 1.82) is 0 Å². The number of aromatic nitrogens is 3. The van der Waals surface area contributed by atoms with Gasteiger partial charge in [-0.3, -0.25) is 4.90 Å². The highest BCUT2D eigenvalue weighted by Gasteiger charge is 2.26. The van der Waals surface area contributed by atoms with E-state index in [1.54, 1.807) is 0 Å². The molecule has 0 spiro atoms. The summed E-state index contributed by atoms with van der Waals surface area (Å²) in [6.45, 7) is 12.5. The summed E-state index contributed by atoms with van der Waals surface area (Å²) < 4.78 is 0. The third-order valence-electron chi connectivity index (χ3n) is 4.75. The molecule has 2 aromatic rings. The third kappa shape index (κ3) is 3.38. The van der Waals surface area contributed by atoms with Crippen molar-refractivity contribution in [3.8, 4) is 11.3 Å². The standard InChI is InChI=1S/C18H24ClN5/c1-12(2)15-6-5-14(19)11-16(15)18-17(20-22-21-18)13(3)24-9-7-23(4)8-10-24/h5-6,11,13H,1,7-10H2,2-4H3,(H,20,21,22). The van der Waals surface area contributed by atoms with Crippen LogP contribution in [0.15, 0.2) is 24.8 Å². The molecule has 0 saturated carbocycles. The predicted molar refractivity (Wildman–Crippen MR) is 99.0 cm³/mol. The summed E-state index contributed by atoms with van der Waals surface area (Å²) in [6.07, 6.45) is 0. The molecule has 6 heteroatoms. The molecule has 1 aliphatic heterocycles. The molecule has 3 rings (SSSR count). The molecule has 128 valence electrons. The number of H-pyrrole nitrogens is 1. The van der Waals surface area contributed by atoms with Crippen molar-refractivity contribution in [1.82, 2.24) is 25.2 Å². The Morgan fingerprint density at radius 3 is 2.62 bits per heavy atom. The second-order valence-corrected chi connectivity index (χ2v) is 6.98. The Morgan fingerprint density at radius 2 is 1.96 bits per heavy atom. The van der Waals surface area contributed by atoms with Crippen LogP contribution in [0.4, 0.5) is 0 Å². The second-order valence-electron chi connectivity index (χ2n) is 6.54. The number of allylic oxidation sites excluding steroid dienone is 1. The van der Waals surface area contributed by atoms with Gasteiger partial charge in [-0.15, -0.1) is 0 Å². The van der Waals surface area contributed by atoms with E-state index in [2.05, 4.69) is 45.8 Å². The Labute approximate surface area is 148 Å². The molecule has 1 aliphatic rings. The normalized spacial score (nSPS) is 17.8. The molecule has 24 heavy (non-hydrogen) atoms. The number of hydrogen-bond acceptors (Lipinski definition) is 4. The van der Waals surface area contributed by atoms with Crippen molar-refractivity contribution in [3.63, 3.8) is 0 Å². The molecular formula is C18H24ClN5. The first-order chi connectivity index (χ1) is 11.5. The molecule has 0 bridgehead atoms. The van der Waals surface area contributed by atoms with Gasteiger partial charge < -0.3 is 4.90 Å². The quantitative estimate of drug-likeness (QED) is 0.921. The molecule has 0 radical (unpaired) electrons. The first-order valence-electron chi connectivity index (χ1n) is 8.26. The number of piperazine rings is 1. The van der Waals surface area contributed by atoms with E-state index in [-0.39, 0.29) is 6.04 Å². The Morgan fingerprint density at radius 1 is 1.25 bits per heavy atom. The number of nitrogens with zero attached hydrogens (tertiary/aromatic N) is 4. The Hall–Kier alpha value is -1.69. The van der Waals surface area contributed by atoms with E-state index in [0.717, 1.165) is 54.3 Å². The van der Waals surface area contributed by atoms with Crippen LogP contribution in [0, 0.1) is 0 Å². The van der Waals surface area contributed by atoms with Crippen LogP contribution in [-0.4, -0.2) is 58.4 Å². The van der Waals surface area contributed by atoms with Crippen molar-refractivity contribution in [2.75, 3.05) is 33.2 Å². The van der Waals surface area contributed by atoms with E-state index in [4.69, 9.17) is 11.6 Å². The van der Waals surface area contributed by atoms with Crippen molar-refractivity contribution >= 4 is 17.2 Å². The van der Waals surface area contributed by atoms with Crippen LogP contribution < -0.4 is 0 Å². The van der Waals surface area contributed by atoms with Gasteiger partial charge in [-0.05, 0) is 38.6 Å². The summed E-state index contributed by atoms with van der Waals surface area (Å²) in [5, 5.41) is 12.4. The van der Waals surface area contributed by atoms with E-state index in [0.29, 0.717) is 5.02 Å². The Bertz CT molecular complexity index is 731. The summed E-state index contributed by atoms with van der Waals surface area (Å²) in [7, 11) is 2.16. The van der Waals surface area contributed by atoms with Gasteiger partial charge in [0, 0.05) is 36.8 Å². The average Bonchev–Trinajstić information content (AvgIpc) is 3.04. The van der Waals surface area contributed by atoms with Crippen LogP contribution >= 0.6 is 11.6 Å². The number of benzene rings is 1. The van der Waals surface area contributed by atoms with E-state index in [1.165, 1.54) is 0 Å². The fourth-order valence-electron chi connectivity index (χ4n) is 3.20. The van der Waals surface area contributed by atoms with Crippen molar-refractivity contribution < 1.29 is 0 Å². The number of hydrogen-bond donors (Lipinski definition) is 1. The Balaban J connectivity index is 1.96. The smallest absolute Gasteiger partial charge is 0.118 e. The molecule has 1 saturated heterocycles. The number of halogens is 1. The van der Waals surface area contributed by atoms with Crippen LogP contribution in [0.1, 0.15) is 31.1 Å². The first kappa shape index (κ1) is 17.1. The molecule has 1 aromatic carbocycles. The van der Waals surface area contributed by atoms with E-state index < -0.39 is 0 Å². The SMILES string of the molecule is C=C(C)c1ccc(Cl)cc1-c1n[nH]nc1C(C)N1CCN(C)CC1. The van der Waals surface area contributed by atoms with E-state index in [9.17, 15) is 0 Å². The van der Waals surface area contributed by atoms with Gasteiger partial charge in [-0.2, -0.15) is 15.4 Å². The molecule has 1 N–H and O–H groups in total. The lowest BCUT2D eigenvalue weighted by molar-refractivity contribution is 0.117. The minimum atomic E-state index is 0.199. The molecule has 1 atom stereocenters. The highest BCUT2D eigenvalue weighted by Crippen LogP contribution is 2.34. The zero-order valence-corrected chi connectivity index (χ0v) is 15.3. The number of likely N-dealkylation sites (N-methyl/N-ethyl adjacent to an activating group) is 1. The molecule has 1 unspecified atom stereocenters. The van der Waals surface area contributed by atoms with Gasteiger partial charge in [0.1, 0.15) is 11.4 Å². The zero-order valence-electron chi connectivity index (χ0n) is 14.5.